The van der Waals surface area contributed by atoms with Crippen molar-refractivity contribution in [2.75, 3.05) is 13.7 Å². The van der Waals surface area contributed by atoms with E-state index in [1.54, 1.807) is 12.1 Å². The zero-order valence-electron chi connectivity index (χ0n) is 9.10. The van der Waals surface area contributed by atoms with Crippen molar-refractivity contribution in [3.8, 4) is 0 Å². The fourth-order valence-electron chi connectivity index (χ4n) is 1.78. The summed E-state index contributed by atoms with van der Waals surface area (Å²) in [5.74, 6) is -0.232. The molecule has 1 unspecified atom stereocenters. The number of hydrogen-bond acceptors (Lipinski definition) is 2. The molecule has 0 saturated heterocycles. The van der Waals surface area contributed by atoms with Crippen molar-refractivity contribution in [2.45, 2.75) is 6.04 Å². The van der Waals surface area contributed by atoms with Gasteiger partial charge >= 0.3 is 0 Å². The molecule has 1 aromatic rings. The quantitative estimate of drug-likeness (QED) is 0.824. The van der Waals surface area contributed by atoms with Gasteiger partial charge in [0.1, 0.15) is 5.82 Å². The topological polar surface area (TPSA) is 23.5 Å². The summed E-state index contributed by atoms with van der Waals surface area (Å²) in [5, 5.41) is 9.09. The van der Waals surface area contributed by atoms with Gasteiger partial charge in [-0.2, -0.15) is 0 Å². The maximum atomic E-state index is 12.8. The van der Waals surface area contributed by atoms with E-state index in [1.165, 1.54) is 12.1 Å². The van der Waals surface area contributed by atoms with Crippen LogP contribution in [0, 0.1) is 5.82 Å². The van der Waals surface area contributed by atoms with Gasteiger partial charge in [-0.3, -0.25) is 0 Å². The molecule has 0 fully saturated rings. The van der Waals surface area contributed by atoms with Crippen LogP contribution in [0.1, 0.15) is 11.6 Å². The van der Waals surface area contributed by atoms with E-state index in [0.29, 0.717) is 0 Å². The Hall–Kier alpha value is -1.61. The van der Waals surface area contributed by atoms with Crippen molar-refractivity contribution >= 4 is 0 Å². The molecule has 1 atom stereocenters. The number of benzene rings is 1. The summed E-state index contributed by atoms with van der Waals surface area (Å²) in [6.07, 6.45) is 5.77. The van der Waals surface area contributed by atoms with Crippen LogP contribution in [-0.4, -0.2) is 23.7 Å². The molecule has 2 rings (SSSR count). The predicted octanol–water partition coefficient (Wildman–Crippen LogP) is 2.24. The van der Waals surface area contributed by atoms with Crippen molar-refractivity contribution < 1.29 is 9.50 Å². The van der Waals surface area contributed by atoms with E-state index in [9.17, 15) is 4.39 Å². The Kier molecular flexibility index (Phi) is 3.06. The second-order valence-corrected chi connectivity index (χ2v) is 3.88. The molecule has 0 amide bonds. The second kappa shape index (κ2) is 4.49. The first kappa shape index (κ1) is 10.9. The van der Waals surface area contributed by atoms with Crippen LogP contribution < -0.4 is 0 Å². The zero-order chi connectivity index (χ0) is 11.5. The monoisotopic (exact) mass is 219 g/mol. The number of aliphatic hydroxyl groups excluding tert-OH is 1. The third-order valence-electron chi connectivity index (χ3n) is 2.73. The van der Waals surface area contributed by atoms with E-state index in [0.717, 1.165) is 11.1 Å². The fourth-order valence-corrected chi connectivity index (χ4v) is 1.78. The molecule has 0 radical (unpaired) electrons. The van der Waals surface area contributed by atoms with Crippen LogP contribution in [0.15, 0.2) is 48.2 Å². The molecule has 3 heteroatoms. The molecule has 0 bridgehead atoms. The van der Waals surface area contributed by atoms with Gasteiger partial charge < -0.3 is 10.0 Å². The van der Waals surface area contributed by atoms with Crippen molar-refractivity contribution in [3.05, 3.63) is 59.6 Å². The standard InChI is InChI=1S/C13H14FNO/c1-15-7-6-10(9-16)8-13(15)11-2-4-12(14)5-3-11/h2-8,13,16H,9H2,1H3. The third-order valence-corrected chi connectivity index (χ3v) is 2.73. The van der Waals surface area contributed by atoms with Crippen LogP contribution in [0.5, 0.6) is 0 Å². The van der Waals surface area contributed by atoms with E-state index in [2.05, 4.69) is 0 Å². The summed E-state index contributed by atoms with van der Waals surface area (Å²) >= 11 is 0. The van der Waals surface area contributed by atoms with Gasteiger partial charge in [-0.15, -0.1) is 0 Å². The van der Waals surface area contributed by atoms with E-state index in [-0.39, 0.29) is 18.5 Å². The minimum Gasteiger partial charge on any atom is -0.392 e. The number of halogens is 1. The van der Waals surface area contributed by atoms with Crippen LogP contribution in [0.4, 0.5) is 4.39 Å². The lowest BCUT2D eigenvalue weighted by Gasteiger charge is -2.28. The number of aliphatic hydroxyl groups is 1. The molecule has 0 aliphatic carbocycles. The Bertz CT molecular complexity index is 422. The van der Waals surface area contributed by atoms with Crippen molar-refractivity contribution in [2.24, 2.45) is 0 Å². The van der Waals surface area contributed by atoms with Gasteiger partial charge in [0.15, 0.2) is 0 Å². The number of nitrogens with zero attached hydrogens (tertiary/aromatic N) is 1. The highest BCUT2D eigenvalue weighted by molar-refractivity contribution is 5.32. The molecule has 1 aromatic carbocycles. The summed E-state index contributed by atoms with van der Waals surface area (Å²) in [6.45, 7) is 0.0298. The van der Waals surface area contributed by atoms with E-state index in [4.69, 9.17) is 5.11 Å². The van der Waals surface area contributed by atoms with Gasteiger partial charge in [0, 0.05) is 7.05 Å². The lowest BCUT2D eigenvalue weighted by atomic mass is 10.0. The first-order valence-corrected chi connectivity index (χ1v) is 5.18. The smallest absolute Gasteiger partial charge is 0.123 e. The SMILES string of the molecule is CN1C=CC(CO)=CC1c1ccc(F)cc1. The molecule has 2 nitrogen and oxygen atoms in total. The molecule has 0 aromatic heterocycles. The Balaban J connectivity index is 2.29. The Morgan fingerprint density at radius 3 is 2.62 bits per heavy atom. The van der Waals surface area contributed by atoms with E-state index >= 15 is 0 Å². The Morgan fingerprint density at radius 2 is 2.00 bits per heavy atom. The van der Waals surface area contributed by atoms with Crippen LogP contribution in [-0.2, 0) is 0 Å². The number of rotatable bonds is 2. The van der Waals surface area contributed by atoms with Gasteiger partial charge in [-0.1, -0.05) is 18.2 Å². The molecule has 1 heterocycles. The highest BCUT2D eigenvalue weighted by Crippen LogP contribution is 2.26. The first-order valence-electron chi connectivity index (χ1n) is 5.18. The average molecular weight is 219 g/mol. The minimum atomic E-state index is -0.232. The van der Waals surface area contributed by atoms with Crippen LogP contribution >= 0.6 is 0 Å². The maximum absolute atomic E-state index is 12.8. The first-order chi connectivity index (χ1) is 7.70. The third kappa shape index (κ3) is 2.14. The average Bonchev–Trinajstić information content (AvgIpc) is 2.31. The molecule has 1 N–H and O–H groups in total. The lowest BCUT2D eigenvalue weighted by Crippen LogP contribution is -2.20. The number of hydrogen-bond donors (Lipinski definition) is 1. The van der Waals surface area contributed by atoms with Gasteiger partial charge in [0.25, 0.3) is 0 Å². The molecule has 1 aliphatic heterocycles. The van der Waals surface area contributed by atoms with Gasteiger partial charge in [0.2, 0.25) is 0 Å². The Labute approximate surface area is 94.3 Å². The highest BCUT2D eigenvalue weighted by Gasteiger charge is 2.15. The summed E-state index contributed by atoms with van der Waals surface area (Å²) in [6, 6.07) is 6.50. The summed E-state index contributed by atoms with van der Waals surface area (Å²) in [5.41, 5.74) is 1.90. The van der Waals surface area contributed by atoms with Crippen LogP contribution in [0.25, 0.3) is 0 Å². The normalized spacial score (nSPS) is 19.8. The second-order valence-electron chi connectivity index (χ2n) is 3.88. The van der Waals surface area contributed by atoms with Crippen molar-refractivity contribution in [1.82, 2.24) is 4.90 Å². The fraction of sp³-hybridized carbons (Fsp3) is 0.231. The lowest BCUT2D eigenvalue weighted by molar-refractivity contribution is 0.325. The van der Waals surface area contributed by atoms with Crippen molar-refractivity contribution in [3.63, 3.8) is 0 Å². The highest BCUT2D eigenvalue weighted by atomic mass is 19.1. The predicted molar refractivity (Wildman–Crippen MR) is 61.2 cm³/mol. The Morgan fingerprint density at radius 1 is 1.31 bits per heavy atom. The molecular formula is C13H14FNO. The van der Waals surface area contributed by atoms with Crippen LogP contribution in [0.2, 0.25) is 0 Å². The van der Waals surface area contributed by atoms with Gasteiger partial charge in [-0.05, 0) is 35.5 Å². The minimum absolute atomic E-state index is 0.0298. The van der Waals surface area contributed by atoms with E-state index in [1.807, 2.05) is 30.3 Å². The summed E-state index contributed by atoms with van der Waals surface area (Å²) < 4.78 is 12.8. The molecular weight excluding hydrogens is 205 g/mol. The molecule has 84 valence electrons. The van der Waals surface area contributed by atoms with Crippen molar-refractivity contribution in [1.29, 1.82) is 0 Å². The number of likely N-dealkylation sites (N-methyl/N-ethyl adjacent to an activating group) is 1. The molecule has 1 aliphatic rings. The maximum Gasteiger partial charge on any atom is 0.123 e. The van der Waals surface area contributed by atoms with Gasteiger partial charge in [0.05, 0.1) is 12.6 Å². The van der Waals surface area contributed by atoms with Gasteiger partial charge in [-0.25, -0.2) is 4.39 Å². The summed E-state index contributed by atoms with van der Waals surface area (Å²) in [7, 11) is 1.95. The molecule has 16 heavy (non-hydrogen) atoms. The largest absolute Gasteiger partial charge is 0.392 e. The van der Waals surface area contributed by atoms with E-state index < -0.39 is 0 Å². The molecule has 0 spiro atoms. The van der Waals surface area contributed by atoms with Crippen LogP contribution in [0.3, 0.4) is 0 Å². The summed E-state index contributed by atoms with van der Waals surface area (Å²) in [4.78, 5) is 2.02. The zero-order valence-corrected chi connectivity index (χ0v) is 9.10. The molecule has 0 saturated carbocycles.